The first-order valence-electron chi connectivity index (χ1n) is 7.90. The fourth-order valence-electron chi connectivity index (χ4n) is 2.32. The highest BCUT2D eigenvalue weighted by atomic mass is 32.2. The molecular weight excluding hydrogens is 340 g/mol. The monoisotopic (exact) mass is 358 g/mol. The third-order valence-electron chi connectivity index (χ3n) is 3.84. The number of hydrogen-bond acceptors (Lipinski definition) is 4. The van der Waals surface area contributed by atoms with Gasteiger partial charge in [-0.3, -0.25) is 14.3 Å². The molecule has 2 aromatic carbocycles. The van der Waals surface area contributed by atoms with Gasteiger partial charge in [-0.1, -0.05) is 18.2 Å². The lowest BCUT2D eigenvalue weighted by Gasteiger charge is -2.10. The van der Waals surface area contributed by atoms with E-state index in [2.05, 4.69) is 10.0 Å². The standard InChI is InChI=1S/C18H18N2O4S/c1-12(21)13-4-3-7-17(11-13)25(23,24)20-16-6-2-5-14(10-16)18(22)19-15-8-9-15/h2-7,10-11,15,20H,8-9H2,1H3,(H,19,22). The van der Waals surface area contributed by atoms with Crippen LogP contribution >= 0.6 is 0 Å². The van der Waals surface area contributed by atoms with Gasteiger partial charge in [0.15, 0.2) is 5.78 Å². The lowest BCUT2D eigenvalue weighted by Crippen LogP contribution is -2.25. The summed E-state index contributed by atoms with van der Waals surface area (Å²) in [7, 11) is -3.86. The second-order valence-electron chi connectivity index (χ2n) is 6.02. The number of hydrogen-bond donors (Lipinski definition) is 2. The fraction of sp³-hybridized carbons (Fsp3) is 0.222. The van der Waals surface area contributed by atoms with E-state index in [0.717, 1.165) is 12.8 Å². The molecule has 1 fully saturated rings. The maximum absolute atomic E-state index is 12.5. The number of sulfonamides is 1. The first-order chi connectivity index (χ1) is 11.8. The van der Waals surface area contributed by atoms with E-state index in [0.29, 0.717) is 11.1 Å². The summed E-state index contributed by atoms with van der Waals surface area (Å²) in [5.74, 6) is -0.432. The lowest BCUT2D eigenvalue weighted by atomic mass is 10.2. The molecule has 0 unspecified atom stereocenters. The molecule has 1 aliphatic rings. The van der Waals surface area contributed by atoms with Gasteiger partial charge in [-0.05, 0) is 50.1 Å². The van der Waals surface area contributed by atoms with Crippen LogP contribution in [0.15, 0.2) is 53.4 Å². The fourth-order valence-corrected chi connectivity index (χ4v) is 3.41. The summed E-state index contributed by atoms with van der Waals surface area (Å²) in [6.07, 6.45) is 1.95. The molecule has 0 saturated heterocycles. The van der Waals surface area contributed by atoms with Crippen molar-refractivity contribution in [1.29, 1.82) is 0 Å². The van der Waals surface area contributed by atoms with Gasteiger partial charge in [-0.25, -0.2) is 8.42 Å². The summed E-state index contributed by atoms with van der Waals surface area (Å²) in [6.45, 7) is 1.38. The summed E-state index contributed by atoms with van der Waals surface area (Å²) in [5, 5.41) is 2.86. The van der Waals surface area contributed by atoms with Crippen LogP contribution in [0.4, 0.5) is 5.69 Å². The van der Waals surface area contributed by atoms with E-state index in [4.69, 9.17) is 0 Å². The largest absolute Gasteiger partial charge is 0.349 e. The van der Waals surface area contributed by atoms with E-state index in [-0.39, 0.29) is 28.3 Å². The Morgan fingerprint density at radius 2 is 1.68 bits per heavy atom. The first kappa shape index (κ1) is 17.2. The lowest BCUT2D eigenvalue weighted by molar-refractivity contribution is 0.0950. The van der Waals surface area contributed by atoms with Crippen molar-refractivity contribution in [2.24, 2.45) is 0 Å². The molecule has 2 aromatic rings. The highest BCUT2D eigenvalue weighted by molar-refractivity contribution is 7.92. The minimum absolute atomic E-state index is 0.00645. The molecule has 130 valence electrons. The number of benzene rings is 2. The zero-order chi connectivity index (χ0) is 18.0. The number of Topliss-reactive ketones (excluding diaryl/α,β-unsaturated/α-hetero) is 1. The molecule has 1 aliphatic carbocycles. The quantitative estimate of drug-likeness (QED) is 0.776. The zero-order valence-electron chi connectivity index (χ0n) is 13.7. The Balaban J connectivity index is 1.82. The summed E-state index contributed by atoms with van der Waals surface area (Å²) in [6, 6.07) is 12.4. The Hall–Kier alpha value is -2.67. The molecule has 25 heavy (non-hydrogen) atoms. The number of carbonyl (C=O) groups is 2. The maximum Gasteiger partial charge on any atom is 0.261 e. The van der Waals surface area contributed by atoms with Gasteiger partial charge in [0.25, 0.3) is 15.9 Å². The van der Waals surface area contributed by atoms with Gasteiger partial charge in [0.2, 0.25) is 0 Å². The van der Waals surface area contributed by atoms with E-state index in [1.165, 1.54) is 31.2 Å². The molecule has 1 saturated carbocycles. The van der Waals surface area contributed by atoms with Crippen LogP contribution in [-0.4, -0.2) is 26.2 Å². The minimum Gasteiger partial charge on any atom is -0.349 e. The van der Waals surface area contributed by atoms with Crippen LogP contribution in [0, 0.1) is 0 Å². The first-order valence-corrected chi connectivity index (χ1v) is 9.38. The third-order valence-corrected chi connectivity index (χ3v) is 5.22. The molecule has 2 N–H and O–H groups in total. The van der Waals surface area contributed by atoms with E-state index >= 15 is 0 Å². The van der Waals surface area contributed by atoms with Crippen molar-refractivity contribution in [2.45, 2.75) is 30.7 Å². The Morgan fingerprint density at radius 1 is 1.00 bits per heavy atom. The van der Waals surface area contributed by atoms with Crippen LogP contribution in [0.25, 0.3) is 0 Å². The second-order valence-corrected chi connectivity index (χ2v) is 7.70. The van der Waals surface area contributed by atoms with Gasteiger partial charge < -0.3 is 5.32 Å². The summed E-state index contributed by atoms with van der Waals surface area (Å²) in [5.41, 5.74) is 1.00. The molecule has 3 rings (SSSR count). The molecule has 0 aromatic heterocycles. The number of amides is 1. The molecule has 0 spiro atoms. The van der Waals surface area contributed by atoms with Gasteiger partial charge >= 0.3 is 0 Å². The smallest absolute Gasteiger partial charge is 0.261 e. The molecular formula is C18H18N2O4S. The van der Waals surface area contributed by atoms with Crippen LogP contribution in [0.3, 0.4) is 0 Å². The van der Waals surface area contributed by atoms with Gasteiger partial charge in [-0.2, -0.15) is 0 Å². The summed E-state index contributed by atoms with van der Waals surface area (Å²) in [4.78, 5) is 23.5. The van der Waals surface area contributed by atoms with Crippen molar-refractivity contribution in [2.75, 3.05) is 4.72 Å². The Bertz CT molecular complexity index is 934. The Morgan fingerprint density at radius 3 is 2.36 bits per heavy atom. The maximum atomic E-state index is 12.5. The van der Waals surface area contributed by atoms with Gasteiger partial charge in [0.1, 0.15) is 0 Å². The van der Waals surface area contributed by atoms with Crippen LogP contribution in [-0.2, 0) is 10.0 Å². The van der Waals surface area contributed by atoms with E-state index in [1.807, 2.05) is 0 Å². The SMILES string of the molecule is CC(=O)c1cccc(S(=O)(=O)Nc2cccc(C(=O)NC3CC3)c2)c1. The molecule has 0 radical (unpaired) electrons. The number of anilines is 1. The van der Waals surface area contributed by atoms with Crippen molar-refractivity contribution in [3.63, 3.8) is 0 Å². The highest BCUT2D eigenvalue weighted by Crippen LogP contribution is 2.21. The zero-order valence-corrected chi connectivity index (χ0v) is 14.5. The predicted molar refractivity (Wildman–Crippen MR) is 94.2 cm³/mol. The number of rotatable bonds is 6. The van der Waals surface area contributed by atoms with E-state index < -0.39 is 10.0 Å². The van der Waals surface area contributed by atoms with Crippen LogP contribution < -0.4 is 10.0 Å². The Labute approximate surface area is 146 Å². The van der Waals surface area contributed by atoms with E-state index in [9.17, 15) is 18.0 Å². The van der Waals surface area contributed by atoms with Gasteiger partial charge in [0, 0.05) is 22.9 Å². The molecule has 7 heteroatoms. The van der Waals surface area contributed by atoms with Crippen LogP contribution in [0.1, 0.15) is 40.5 Å². The van der Waals surface area contributed by atoms with Crippen molar-refractivity contribution < 1.29 is 18.0 Å². The molecule has 0 aliphatic heterocycles. The predicted octanol–water partition coefficient (Wildman–Crippen LogP) is 2.58. The third kappa shape index (κ3) is 4.24. The van der Waals surface area contributed by atoms with Crippen molar-refractivity contribution in [3.05, 3.63) is 59.7 Å². The van der Waals surface area contributed by atoms with Gasteiger partial charge in [-0.15, -0.1) is 0 Å². The second kappa shape index (κ2) is 6.68. The number of nitrogens with one attached hydrogen (secondary N) is 2. The van der Waals surface area contributed by atoms with Crippen LogP contribution in [0.5, 0.6) is 0 Å². The average Bonchev–Trinajstić information content (AvgIpc) is 3.39. The summed E-state index contributed by atoms with van der Waals surface area (Å²) < 4.78 is 27.5. The summed E-state index contributed by atoms with van der Waals surface area (Å²) >= 11 is 0. The van der Waals surface area contributed by atoms with Gasteiger partial charge in [0.05, 0.1) is 4.90 Å². The van der Waals surface area contributed by atoms with Crippen molar-refractivity contribution in [1.82, 2.24) is 5.32 Å². The molecule has 1 amide bonds. The minimum atomic E-state index is -3.86. The topological polar surface area (TPSA) is 92.3 Å². The Kier molecular flexibility index (Phi) is 4.59. The highest BCUT2D eigenvalue weighted by Gasteiger charge is 2.24. The molecule has 0 atom stereocenters. The molecule has 0 heterocycles. The van der Waals surface area contributed by atoms with E-state index in [1.54, 1.807) is 24.3 Å². The average molecular weight is 358 g/mol. The normalized spacial score (nSPS) is 14.0. The number of carbonyl (C=O) groups excluding carboxylic acids is 2. The molecule has 6 nitrogen and oxygen atoms in total. The van der Waals surface area contributed by atoms with Crippen LogP contribution in [0.2, 0.25) is 0 Å². The molecule has 0 bridgehead atoms. The van der Waals surface area contributed by atoms with Crippen molar-refractivity contribution >= 4 is 27.4 Å². The van der Waals surface area contributed by atoms with Crippen molar-refractivity contribution in [3.8, 4) is 0 Å². The number of ketones is 1.